The number of benzene rings is 12. The molecule has 0 bridgehead atoms. The third-order valence-corrected chi connectivity index (χ3v) is 23.2. The van der Waals surface area contributed by atoms with Gasteiger partial charge in [-0.25, -0.2) is 38.4 Å². The van der Waals surface area contributed by atoms with Crippen LogP contribution in [-0.2, 0) is 7.05 Å². The molecule has 0 saturated heterocycles. The molecule has 4 aliphatic rings. The molecule has 0 unspecified atom stereocenters. The first kappa shape index (κ1) is 72.4. The van der Waals surface area contributed by atoms with Crippen LogP contribution in [0, 0.1) is 13.8 Å². The van der Waals surface area contributed by atoms with Crippen molar-refractivity contribution in [3.63, 3.8) is 0 Å². The number of rotatable bonds is 10. The Kier molecular flexibility index (Phi) is 15.5. The van der Waals surface area contributed by atoms with Crippen LogP contribution in [0.1, 0.15) is 94.0 Å². The highest BCUT2D eigenvalue weighted by Gasteiger charge is 2.41. The Morgan fingerprint density at radius 3 is 0.877 bits per heavy atom. The fourth-order valence-corrected chi connectivity index (χ4v) is 16.8. The monoisotopic (exact) mass is 1600 g/mol. The fourth-order valence-electron chi connectivity index (χ4n) is 16.8. The normalized spacial score (nSPS) is 13.7. The van der Waals surface area contributed by atoms with Crippen LogP contribution in [0.3, 0.4) is 0 Å². The van der Waals surface area contributed by atoms with E-state index < -0.39 is 91.7 Å². The third kappa shape index (κ3) is 10.6. The van der Waals surface area contributed by atoms with Crippen molar-refractivity contribution >= 4 is 129 Å². The highest BCUT2D eigenvalue weighted by molar-refractivity contribution is 6.37. The summed E-state index contributed by atoms with van der Waals surface area (Å²) >= 11 is 0. The molecule has 6 aromatic heterocycles. The lowest BCUT2D eigenvalue weighted by Gasteiger charge is -2.14. The number of carbonyl (C=O) groups is 8. The van der Waals surface area contributed by atoms with Crippen LogP contribution in [0.25, 0.3) is 127 Å². The number of aromatic nitrogens is 8. The van der Waals surface area contributed by atoms with E-state index in [2.05, 4.69) is 19.9 Å². The SMILES string of the molecule is Cc1ccc2[nH]c(-c3ccc(-n4c(=O)c5cc6c(=O)n(-c7ccc(N8C(=O)c9ccc(-c%10ccc%11c(c%10)C(=O)N(C)C%11=O)cc9C8=O)cc7)c(=O)c6cc5c4=O)cc3)nc2c1.Cc1ccc2nc(-c3ccc(N4C(=O)c5ccc(-c6ccc7c(c6)C(=O)N(c6ccc(-n8c(=O)c9cc%10c(=O)n(C)c(=O)c%10cc9c8=O)cc6)C7=O)cc5C4=O)cc3)[nH]c2c1. The molecule has 0 spiro atoms. The van der Waals surface area contributed by atoms with Gasteiger partial charge in [0, 0.05) is 25.2 Å². The van der Waals surface area contributed by atoms with Crippen molar-refractivity contribution in [2.45, 2.75) is 13.8 Å². The van der Waals surface area contributed by atoms with Gasteiger partial charge in [-0.3, -0.25) is 86.2 Å². The number of hydrogen-bond acceptors (Lipinski definition) is 18. The van der Waals surface area contributed by atoms with E-state index in [-0.39, 0.29) is 110 Å². The molecule has 4 aliphatic heterocycles. The Balaban J connectivity index is 0.000000150. The molecule has 0 aliphatic carbocycles. The van der Waals surface area contributed by atoms with Crippen LogP contribution in [0.4, 0.5) is 17.1 Å². The third-order valence-electron chi connectivity index (χ3n) is 23.2. The molecule has 18 aromatic rings. The van der Waals surface area contributed by atoms with Crippen LogP contribution in [-0.4, -0.2) is 97.4 Å². The maximum Gasteiger partial charge on any atom is 0.266 e. The zero-order chi connectivity index (χ0) is 84.3. The number of H-pyrrole nitrogens is 2. The standard InChI is InChI=1S/2C47H26N6O8/c1-22-3-16-37-38(17-22)49-39(48-37)23-4-8-26(9-5-23)51-42(56)29-14-6-24(18-31(29)44(51)58)25-7-15-30-32(19-25)45(59)52(43(30)57)27-10-12-28(13-11-27)53-46(60)35-20-33-34(21-36(35)47(53)61)41(55)50(2)40(33)54;1-22-3-16-37-38(17-22)49-39(48-37)23-4-8-26(9-5-23)52-44(58)33-20-35-36(21-34(33)45(52)59)47(61)53(46(35)60)28-12-10-27(11-13-28)51-42(56)30-15-7-25(19-32(30)43(51)57)24-6-14-29-31(18-24)41(55)50(2)40(29)54/h2*3-21H,1-2H3,(H,48,49). The molecule has 584 valence electrons. The number of nitrogens with one attached hydrogen (secondary N) is 2. The minimum absolute atomic E-state index is 0.0139. The summed E-state index contributed by atoms with van der Waals surface area (Å²) in [7, 11) is 2.73. The summed E-state index contributed by atoms with van der Waals surface area (Å²) in [5, 5.41) is -0.0756. The van der Waals surface area contributed by atoms with Crippen molar-refractivity contribution in [1.29, 1.82) is 0 Å². The summed E-state index contributed by atoms with van der Waals surface area (Å²) in [4.78, 5) is 234. The quantitative estimate of drug-likeness (QED) is 0.120. The lowest BCUT2D eigenvalue weighted by molar-refractivity contribution is 0.0690. The minimum atomic E-state index is -0.711. The largest absolute Gasteiger partial charge is 0.338 e. The van der Waals surface area contributed by atoms with Crippen molar-refractivity contribution < 1.29 is 38.4 Å². The summed E-state index contributed by atoms with van der Waals surface area (Å²) < 4.78 is 3.75. The van der Waals surface area contributed by atoms with Crippen molar-refractivity contribution in [2.24, 2.45) is 7.05 Å². The van der Waals surface area contributed by atoms with Gasteiger partial charge in [0.1, 0.15) is 11.6 Å². The summed E-state index contributed by atoms with van der Waals surface area (Å²) in [6, 6.07) is 61.2. The number of nitrogens with zero attached hydrogens (tertiary/aromatic N) is 10. The second-order valence-electron chi connectivity index (χ2n) is 30.3. The first-order valence-electron chi connectivity index (χ1n) is 38.0. The molecule has 28 heteroatoms. The maximum atomic E-state index is 13.8. The van der Waals surface area contributed by atoms with Gasteiger partial charge in [0.15, 0.2) is 0 Å². The summed E-state index contributed by atoms with van der Waals surface area (Å²) in [5.74, 6) is -2.88. The fraction of sp³-hybridized carbons (Fsp3) is 0.0426. The molecule has 22 rings (SSSR count). The Bertz CT molecular complexity index is 8300. The van der Waals surface area contributed by atoms with E-state index in [9.17, 15) is 76.7 Å². The van der Waals surface area contributed by atoms with Gasteiger partial charge in [-0.15, -0.1) is 0 Å². The van der Waals surface area contributed by atoms with Gasteiger partial charge in [0.2, 0.25) is 0 Å². The van der Waals surface area contributed by atoms with Crippen molar-refractivity contribution in [3.8, 4) is 62.1 Å². The number of aryl methyl sites for hydroxylation is 2. The van der Waals surface area contributed by atoms with E-state index in [1.165, 1.54) is 99.0 Å². The number of imide groups is 4. The number of anilines is 3. The van der Waals surface area contributed by atoms with Crippen LogP contribution >= 0.6 is 0 Å². The number of amides is 8. The van der Waals surface area contributed by atoms with Crippen molar-refractivity contribution in [1.82, 2.24) is 43.1 Å². The number of carbonyl (C=O) groups excluding carboxylic acids is 8. The van der Waals surface area contributed by atoms with Crippen LogP contribution in [0.2, 0.25) is 0 Å². The molecule has 12 aromatic carbocycles. The lowest BCUT2D eigenvalue weighted by atomic mass is 9.97. The molecule has 0 atom stereocenters. The molecule has 0 saturated carbocycles. The minimum Gasteiger partial charge on any atom is -0.338 e. The van der Waals surface area contributed by atoms with Gasteiger partial charge >= 0.3 is 0 Å². The number of aromatic amines is 2. The van der Waals surface area contributed by atoms with E-state index in [0.29, 0.717) is 45.3 Å². The Labute approximate surface area is 681 Å². The van der Waals surface area contributed by atoms with Gasteiger partial charge in [-0.05, 0) is 241 Å². The molecule has 8 amide bonds. The average Bonchev–Trinajstić information content (AvgIpc) is 1.57. The van der Waals surface area contributed by atoms with Crippen LogP contribution < -0.4 is 59.2 Å². The number of hydrogen-bond donors (Lipinski definition) is 2. The predicted octanol–water partition coefficient (Wildman–Crippen LogP) is 11.0. The molecular weight excluding hydrogens is 1550 g/mol. The summed E-state index contributed by atoms with van der Waals surface area (Å²) in [6.07, 6.45) is 0. The second kappa shape index (κ2) is 26.1. The molecular formula is C94H52N12O16. The van der Waals surface area contributed by atoms with Crippen LogP contribution in [0.5, 0.6) is 0 Å². The van der Waals surface area contributed by atoms with E-state index >= 15 is 0 Å². The van der Waals surface area contributed by atoms with Crippen LogP contribution in [0.15, 0.2) is 269 Å². The number of imidazole rings is 2. The predicted molar refractivity (Wildman–Crippen MR) is 454 cm³/mol. The van der Waals surface area contributed by atoms with Gasteiger partial charge in [-0.1, -0.05) is 36.4 Å². The van der Waals surface area contributed by atoms with E-state index in [4.69, 9.17) is 0 Å². The first-order chi connectivity index (χ1) is 58.7. The maximum absolute atomic E-state index is 13.8. The molecule has 28 nitrogen and oxygen atoms in total. The van der Waals surface area contributed by atoms with E-state index in [1.807, 2.05) is 50.2 Å². The van der Waals surface area contributed by atoms with Gasteiger partial charge in [0.25, 0.3) is 91.7 Å². The molecule has 0 fully saturated rings. The molecule has 2 N–H and O–H groups in total. The van der Waals surface area contributed by atoms with E-state index in [0.717, 1.165) is 82.2 Å². The number of fused-ring (bicyclic) bond motifs is 10. The second-order valence-corrected chi connectivity index (χ2v) is 30.3. The summed E-state index contributed by atoms with van der Waals surface area (Å²) in [5.41, 5.74) is 7.05. The van der Waals surface area contributed by atoms with Crippen molar-refractivity contribution in [2.75, 3.05) is 21.7 Å². The average molecular weight is 1610 g/mol. The van der Waals surface area contributed by atoms with Gasteiger partial charge in [-0.2, -0.15) is 0 Å². The molecule has 10 heterocycles. The first-order valence-corrected chi connectivity index (χ1v) is 38.0. The zero-order valence-corrected chi connectivity index (χ0v) is 63.9. The van der Waals surface area contributed by atoms with Gasteiger partial charge in [0.05, 0.1) is 144 Å². The highest BCUT2D eigenvalue weighted by atomic mass is 16.2. The molecule has 0 radical (unpaired) electrons. The van der Waals surface area contributed by atoms with Crippen molar-refractivity contribution in [3.05, 3.63) is 369 Å². The Morgan fingerprint density at radius 1 is 0.230 bits per heavy atom. The zero-order valence-electron chi connectivity index (χ0n) is 63.9. The topological polar surface area (TPSA) is 363 Å². The lowest BCUT2D eigenvalue weighted by Crippen LogP contribution is -2.29. The Hall–Kier alpha value is -17.3. The van der Waals surface area contributed by atoms with Gasteiger partial charge < -0.3 is 9.97 Å². The van der Waals surface area contributed by atoms with E-state index in [1.54, 1.807) is 109 Å². The smallest absolute Gasteiger partial charge is 0.266 e. The Morgan fingerprint density at radius 2 is 0.500 bits per heavy atom. The molecule has 122 heavy (non-hydrogen) atoms. The summed E-state index contributed by atoms with van der Waals surface area (Å²) in [6.45, 7) is 3.98. The highest BCUT2D eigenvalue weighted by Crippen LogP contribution is 2.39.